The molecule has 0 fully saturated rings. The molecule has 0 spiro atoms. The smallest absolute Gasteiger partial charge is 0.0242 e. The molecule has 1 heteroatoms. The van der Waals surface area contributed by atoms with Crippen LogP contribution >= 0.6 is 0 Å². The summed E-state index contributed by atoms with van der Waals surface area (Å²) in [5.74, 6) is 2.99. The Morgan fingerprint density at radius 2 is 2.00 bits per heavy atom. The van der Waals surface area contributed by atoms with Gasteiger partial charge in [-0.3, -0.25) is 0 Å². The van der Waals surface area contributed by atoms with Crippen LogP contribution in [0.1, 0.15) is 24.0 Å². The van der Waals surface area contributed by atoms with E-state index in [9.17, 15) is 0 Å². The van der Waals surface area contributed by atoms with E-state index >= 15 is 0 Å². The molecule has 2 N–H and O–H groups in total. The first-order chi connectivity index (χ1) is 5.77. The minimum absolute atomic E-state index is 0.414. The molecule has 1 aromatic carbocycles. The Kier molecular flexibility index (Phi) is 2.90. The summed E-state index contributed by atoms with van der Waals surface area (Å²) >= 11 is 0. The van der Waals surface area contributed by atoms with E-state index in [4.69, 9.17) is 12.2 Å². The fourth-order valence-corrected chi connectivity index (χ4v) is 1.04. The molecule has 1 unspecified atom stereocenters. The van der Waals surface area contributed by atoms with Crippen LogP contribution in [0.4, 0.5) is 0 Å². The van der Waals surface area contributed by atoms with E-state index in [1.165, 1.54) is 5.56 Å². The summed E-state index contributed by atoms with van der Waals surface area (Å²) in [4.78, 5) is 0. The van der Waals surface area contributed by atoms with Crippen molar-refractivity contribution in [1.29, 1.82) is 0 Å². The van der Waals surface area contributed by atoms with E-state index in [1.54, 1.807) is 0 Å². The predicted octanol–water partition coefficient (Wildman–Crippen LogP) is 1.73. The third kappa shape index (κ3) is 1.87. The summed E-state index contributed by atoms with van der Waals surface area (Å²) in [7, 11) is 0. The number of hydrogen-bond acceptors (Lipinski definition) is 1. The Balaban J connectivity index is 2.86. The Labute approximate surface area is 73.6 Å². The van der Waals surface area contributed by atoms with E-state index in [1.807, 2.05) is 24.3 Å². The highest BCUT2D eigenvalue weighted by Crippen LogP contribution is 2.13. The van der Waals surface area contributed by atoms with Crippen LogP contribution in [0.15, 0.2) is 24.3 Å². The fourth-order valence-electron chi connectivity index (χ4n) is 1.04. The molecule has 0 radical (unpaired) electrons. The van der Waals surface area contributed by atoms with E-state index in [0.717, 1.165) is 5.56 Å². The summed E-state index contributed by atoms with van der Waals surface area (Å²) < 4.78 is 0. The van der Waals surface area contributed by atoms with Gasteiger partial charge in [-0.05, 0) is 30.2 Å². The molecule has 0 aromatic heterocycles. The molecule has 0 saturated heterocycles. The molecule has 1 rings (SSSR count). The highest BCUT2D eigenvalue weighted by Gasteiger charge is 2.01. The maximum atomic E-state index is 5.53. The molecule has 12 heavy (non-hydrogen) atoms. The Hall–Kier alpha value is -1.26. The van der Waals surface area contributed by atoms with Crippen LogP contribution in [-0.2, 0) is 0 Å². The number of benzene rings is 1. The number of nitrogens with two attached hydrogens (primary N) is 1. The van der Waals surface area contributed by atoms with Crippen LogP contribution in [0, 0.1) is 12.3 Å². The van der Waals surface area contributed by atoms with Crippen molar-refractivity contribution in [2.75, 3.05) is 6.54 Å². The minimum Gasteiger partial charge on any atom is -0.330 e. The van der Waals surface area contributed by atoms with Gasteiger partial charge in [0.15, 0.2) is 0 Å². The van der Waals surface area contributed by atoms with Crippen molar-refractivity contribution >= 4 is 0 Å². The minimum atomic E-state index is 0.414. The van der Waals surface area contributed by atoms with Crippen LogP contribution in [0.2, 0.25) is 0 Å². The van der Waals surface area contributed by atoms with Crippen molar-refractivity contribution in [3.8, 4) is 12.3 Å². The van der Waals surface area contributed by atoms with Gasteiger partial charge in [0, 0.05) is 5.56 Å². The lowest BCUT2D eigenvalue weighted by Gasteiger charge is -2.07. The molecule has 0 aliphatic carbocycles. The van der Waals surface area contributed by atoms with Gasteiger partial charge >= 0.3 is 0 Å². The van der Waals surface area contributed by atoms with E-state index in [2.05, 4.69) is 12.8 Å². The van der Waals surface area contributed by atoms with Gasteiger partial charge in [-0.15, -0.1) is 6.42 Å². The highest BCUT2D eigenvalue weighted by atomic mass is 14.5. The lowest BCUT2D eigenvalue weighted by Crippen LogP contribution is -2.08. The van der Waals surface area contributed by atoms with Gasteiger partial charge in [0.05, 0.1) is 0 Å². The SMILES string of the molecule is C#Cc1ccc(C(C)CN)cc1. The van der Waals surface area contributed by atoms with Gasteiger partial charge in [0.25, 0.3) is 0 Å². The van der Waals surface area contributed by atoms with Crippen molar-refractivity contribution in [2.45, 2.75) is 12.8 Å². The molecule has 1 atom stereocenters. The van der Waals surface area contributed by atoms with Crippen LogP contribution in [0.5, 0.6) is 0 Å². The van der Waals surface area contributed by atoms with Crippen LogP contribution in [-0.4, -0.2) is 6.54 Å². The molecular weight excluding hydrogens is 146 g/mol. The fraction of sp³-hybridized carbons (Fsp3) is 0.273. The first kappa shape index (κ1) is 8.83. The molecule has 1 aromatic rings. The maximum absolute atomic E-state index is 5.53. The van der Waals surface area contributed by atoms with Gasteiger partial charge in [-0.25, -0.2) is 0 Å². The van der Waals surface area contributed by atoms with E-state index < -0.39 is 0 Å². The predicted molar refractivity (Wildman–Crippen MR) is 51.8 cm³/mol. The summed E-state index contributed by atoms with van der Waals surface area (Å²) in [6.07, 6.45) is 5.23. The monoisotopic (exact) mass is 159 g/mol. The second kappa shape index (κ2) is 3.94. The highest BCUT2D eigenvalue weighted by molar-refractivity contribution is 5.35. The molecule has 62 valence electrons. The maximum Gasteiger partial charge on any atom is 0.0242 e. The Morgan fingerprint density at radius 3 is 2.42 bits per heavy atom. The summed E-state index contributed by atoms with van der Waals surface area (Å²) in [5, 5.41) is 0. The van der Waals surface area contributed by atoms with Gasteiger partial charge in [-0.2, -0.15) is 0 Å². The van der Waals surface area contributed by atoms with Gasteiger partial charge < -0.3 is 5.73 Å². The van der Waals surface area contributed by atoms with Gasteiger partial charge in [0.1, 0.15) is 0 Å². The lowest BCUT2D eigenvalue weighted by molar-refractivity contribution is 0.774. The first-order valence-electron chi connectivity index (χ1n) is 4.04. The summed E-state index contributed by atoms with van der Waals surface area (Å²) in [5.41, 5.74) is 7.70. The quantitative estimate of drug-likeness (QED) is 0.653. The average Bonchev–Trinajstić information content (AvgIpc) is 2.17. The summed E-state index contributed by atoms with van der Waals surface area (Å²) in [6, 6.07) is 7.96. The Bertz CT molecular complexity index is 279. The molecule has 0 amide bonds. The van der Waals surface area contributed by atoms with Crippen molar-refractivity contribution in [3.05, 3.63) is 35.4 Å². The number of terminal acetylenes is 1. The van der Waals surface area contributed by atoms with Gasteiger partial charge in [-0.1, -0.05) is 25.0 Å². The zero-order valence-corrected chi connectivity index (χ0v) is 7.25. The van der Waals surface area contributed by atoms with Crippen LogP contribution in [0.25, 0.3) is 0 Å². The zero-order chi connectivity index (χ0) is 8.97. The van der Waals surface area contributed by atoms with Crippen LogP contribution in [0.3, 0.4) is 0 Å². The molecule has 0 saturated carbocycles. The normalized spacial score (nSPS) is 12.1. The van der Waals surface area contributed by atoms with Gasteiger partial charge in [0.2, 0.25) is 0 Å². The number of rotatable bonds is 2. The zero-order valence-electron chi connectivity index (χ0n) is 7.25. The molecule has 0 aliphatic heterocycles. The van der Waals surface area contributed by atoms with E-state index in [-0.39, 0.29) is 0 Å². The second-order valence-corrected chi connectivity index (χ2v) is 2.90. The molecular formula is C11H13N. The second-order valence-electron chi connectivity index (χ2n) is 2.90. The Morgan fingerprint density at radius 1 is 1.42 bits per heavy atom. The summed E-state index contributed by atoms with van der Waals surface area (Å²) in [6.45, 7) is 2.78. The largest absolute Gasteiger partial charge is 0.330 e. The molecule has 0 aliphatic rings. The first-order valence-corrected chi connectivity index (χ1v) is 4.04. The van der Waals surface area contributed by atoms with E-state index in [0.29, 0.717) is 12.5 Å². The van der Waals surface area contributed by atoms with Crippen LogP contribution < -0.4 is 5.73 Å². The van der Waals surface area contributed by atoms with Crippen molar-refractivity contribution in [3.63, 3.8) is 0 Å². The third-order valence-corrected chi connectivity index (χ3v) is 2.00. The third-order valence-electron chi connectivity index (χ3n) is 2.00. The molecule has 0 heterocycles. The molecule has 1 nitrogen and oxygen atoms in total. The van der Waals surface area contributed by atoms with Crippen molar-refractivity contribution < 1.29 is 0 Å². The average molecular weight is 159 g/mol. The lowest BCUT2D eigenvalue weighted by atomic mass is 10.0. The molecule has 0 bridgehead atoms. The van der Waals surface area contributed by atoms with Crippen molar-refractivity contribution in [1.82, 2.24) is 0 Å². The standard InChI is InChI=1S/C11H13N/c1-3-10-4-6-11(7-5-10)9(2)8-12/h1,4-7,9H,8,12H2,2H3. The van der Waals surface area contributed by atoms with Crippen molar-refractivity contribution in [2.24, 2.45) is 5.73 Å². The topological polar surface area (TPSA) is 26.0 Å². The number of hydrogen-bond donors (Lipinski definition) is 1.